The van der Waals surface area contributed by atoms with Crippen molar-refractivity contribution in [3.63, 3.8) is 0 Å². The number of nitrogens with zero attached hydrogens (tertiary/aromatic N) is 1. The smallest absolute Gasteiger partial charge is 0.358 e. The second kappa shape index (κ2) is 4.49. The molecule has 4 nitrogen and oxygen atoms in total. The summed E-state index contributed by atoms with van der Waals surface area (Å²) in [7, 11) is 0. The van der Waals surface area contributed by atoms with Gasteiger partial charge in [0.2, 0.25) is 0 Å². The number of hydrogen-bond acceptors (Lipinski definition) is 3. The number of carbonyl (C=O) groups is 1. The summed E-state index contributed by atoms with van der Waals surface area (Å²) in [6.07, 6.45) is 0. The molecule has 0 spiro atoms. The molecule has 1 N–H and O–H groups in total. The zero-order chi connectivity index (χ0) is 8.85. The van der Waals surface area contributed by atoms with Gasteiger partial charge in [-0.05, 0) is 6.92 Å². The fourth-order valence-corrected chi connectivity index (χ4v) is 0.467. The van der Waals surface area contributed by atoms with Crippen molar-refractivity contribution >= 4 is 5.97 Å². The molecule has 0 saturated carbocycles. The molecule has 1 rings (SSSR count). The lowest BCUT2D eigenvalue weighted by atomic mass is 10.4. The molecule has 1 heterocycles. The highest BCUT2D eigenvalue weighted by Gasteiger charge is 2.06. The van der Waals surface area contributed by atoms with Gasteiger partial charge in [-0.3, -0.25) is 0 Å². The highest BCUT2D eigenvalue weighted by Crippen LogP contribution is 1.99. The first-order valence-corrected chi connectivity index (χ1v) is 3.37. The highest BCUT2D eigenvalue weighted by atomic mass is 16.5. The first kappa shape index (κ1) is 9.68. The Balaban J connectivity index is 0.000000461. The second-order valence-electron chi connectivity index (χ2n) is 1.63. The molecule has 0 bridgehead atoms. The fourth-order valence-electron chi connectivity index (χ4n) is 0.467. The van der Waals surface area contributed by atoms with Gasteiger partial charge in [0.05, 0.1) is 0 Å². The van der Waals surface area contributed by atoms with Crippen LogP contribution >= 0.6 is 0 Å². The Bertz CT molecular complexity index is 229. The maximum absolute atomic E-state index is 10.1. The van der Waals surface area contributed by atoms with E-state index in [-0.39, 0.29) is 5.69 Å². The van der Waals surface area contributed by atoms with Crippen molar-refractivity contribution in [3.05, 3.63) is 17.5 Å². The van der Waals surface area contributed by atoms with E-state index in [1.165, 1.54) is 6.07 Å². The van der Waals surface area contributed by atoms with Crippen molar-refractivity contribution in [2.24, 2.45) is 0 Å². The average Bonchev–Trinajstić information content (AvgIpc) is 2.40. The summed E-state index contributed by atoms with van der Waals surface area (Å²) >= 11 is 0. The van der Waals surface area contributed by atoms with Crippen LogP contribution in [-0.4, -0.2) is 16.2 Å². The molecule has 0 aliphatic carbocycles. The number of aryl methyl sites for hydroxylation is 1. The van der Waals surface area contributed by atoms with E-state index in [1.807, 2.05) is 13.8 Å². The molecule has 0 saturated heterocycles. The Labute approximate surface area is 64.8 Å². The van der Waals surface area contributed by atoms with E-state index in [9.17, 15) is 4.79 Å². The van der Waals surface area contributed by atoms with Crippen LogP contribution < -0.4 is 0 Å². The molecular weight excluding hydrogens is 146 g/mol. The minimum Gasteiger partial charge on any atom is -0.476 e. The lowest BCUT2D eigenvalue weighted by Gasteiger charge is -1.75. The van der Waals surface area contributed by atoms with E-state index in [0.29, 0.717) is 5.76 Å². The van der Waals surface area contributed by atoms with Crippen molar-refractivity contribution < 1.29 is 14.4 Å². The molecule has 11 heavy (non-hydrogen) atoms. The normalized spacial score (nSPS) is 8.27. The topological polar surface area (TPSA) is 63.3 Å². The standard InChI is InChI=1S/C5H5NO3.C2H6/c1-3-2-4(5(7)8)6-9-3;1-2/h2H,1H3,(H,7,8);1-2H3. The van der Waals surface area contributed by atoms with Gasteiger partial charge in [-0.1, -0.05) is 19.0 Å². The van der Waals surface area contributed by atoms with E-state index in [4.69, 9.17) is 5.11 Å². The van der Waals surface area contributed by atoms with Crippen molar-refractivity contribution in [3.8, 4) is 0 Å². The molecule has 0 radical (unpaired) electrons. The van der Waals surface area contributed by atoms with Gasteiger partial charge in [0.15, 0.2) is 5.69 Å². The van der Waals surface area contributed by atoms with E-state index in [2.05, 4.69) is 9.68 Å². The maximum atomic E-state index is 10.1. The van der Waals surface area contributed by atoms with Gasteiger partial charge in [0.1, 0.15) is 5.76 Å². The quantitative estimate of drug-likeness (QED) is 0.673. The molecule has 1 aromatic rings. The fraction of sp³-hybridized carbons (Fsp3) is 0.429. The van der Waals surface area contributed by atoms with Gasteiger partial charge < -0.3 is 9.63 Å². The van der Waals surface area contributed by atoms with Gasteiger partial charge in [-0.25, -0.2) is 4.79 Å². The van der Waals surface area contributed by atoms with Gasteiger partial charge >= 0.3 is 5.97 Å². The summed E-state index contributed by atoms with van der Waals surface area (Å²) in [5.41, 5.74) is -0.0486. The van der Waals surface area contributed by atoms with Crippen LogP contribution in [0.25, 0.3) is 0 Å². The minimum atomic E-state index is -1.06. The number of hydrogen-bond donors (Lipinski definition) is 1. The van der Waals surface area contributed by atoms with Crippen LogP contribution in [0.5, 0.6) is 0 Å². The highest BCUT2D eigenvalue weighted by molar-refractivity contribution is 5.85. The molecule has 4 heteroatoms. The van der Waals surface area contributed by atoms with Crippen molar-refractivity contribution in [1.82, 2.24) is 5.16 Å². The number of aromatic nitrogens is 1. The predicted molar refractivity (Wildman–Crippen MR) is 39.5 cm³/mol. The summed E-state index contributed by atoms with van der Waals surface area (Å²) in [5.74, 6) is -0.556. The molecule has 0 aliphatic heterocycles. The molecule has 0 atom stereocenters. The number of aromatic carboxylic acids is 1. The number of carboxylic acids is 1. The zero-order valence-corrected chi connectivity index (χ0v) is 6.79. The Hall–Kier alpha value is -1.32. The second-order valence-corrected chi connectivity index (χ2v) is 1.63. The molecular formula is C7H11NO3. The molecule has 0 aromatic carbocycles. The predicted octanol–water partition coefficient (Wildman–Crippen LogP) is 1.71. The summed E-state index contributed by atoms with van der Waals surface area (Å²) in [4.78, 5) is 10.1. The molecule has 0 aliphatic rings. The molecule has 0 fully saturated rings. The van der Waals surface area contributed by atoms with E-state index < -0.39 is 5.97 Å². The first-order chi connectivity index (χ1) is 5.20. The Kier molecular flexibility index (Phi) is 3.95. The third-order valence-corrected chi connectivity index (χ3v) is 0.847. The monoisotopic (exact) mass is 157 g/mol. The number of rotatable bonds is 1. The van der Waals surface area contributed by atoms with Crippen molar-refractivity contribution in [2.75, 3.05) is 0 Å². The van der Waals surface area contributed by atoms with Crippen LogP contribution in [0.2, 0.25) is 0 Å². The first-order valence-electron chi connectivity index (χ1n) is 3.37. The molecule has 0 amide bonds. The summed E-state index contributed by atoms with van der Waals surface area (Å²) in [6.45, 7) is 5.64. The van der Waals surface area contributed by atoms with Gasteiger partial charge in [-0.15, -0.1) is 0 Å². The van der Waals surface area contributed by atoms with Gasteiger partial charge in [-0.2, -0.15) is 0 Å². The van der Waals surface area contributed by atoms with Crippen molar-refractivity contribution in [2.45, 2.75) is 20.8 Å². The van der Waals surface area contributed by atoms with Crippen LogP contribution in [0.3, 0.4) is 0 Å². The summed E-state index contributed by atoms with van der Waals surface area (Å²) in [5, 5.41) is 11.5. The molecule has 62 valence electrons. The number of carboxylic acid groups (broad SMARTS) is 1. The Morgan fingerprint density at radius 1 is 1.64 bits per heavy atom. The van der Waals surface area contributed by atoms with E-state index >= 15 is 0 Å². The Morgan fingerprint density at radius 2 is 2.18 bits per heavy atom. The largest absolute Gasteiger partial charge is 0.476 e. The third-order valence-electron chi connectivity index (χ3n) is 0.847. The van der Waals surface area contributed by atoms with E-state index in [0.717, 1.165) is 0 Å². The lowest BCUT2D eigenvalue weighted by Crippen LogP contribution is -1.94. The SMILES string of the molecule is CC.Cc1cc(C(=O)O)no1. The molecule has 1 aromatic heterocycles. The van der Waals surface area contributed by atoms with Crippen LogP contribution in [0, 0.1) is 6.92 Å². The van der Waals surface area contributed by atoms with Gasteiger partial charge in [0, 0.05) is 6.07 Å². The van der Waals surface area contributed by atoms with Crippen LogP contribution in [0.15, 0.2) is 10.6 Å². The minimum absolute atomic E-state index is 0.0486. The van der Waals surface area contributed by atoms with Gasteiger partial charge in [0.25, 0.3) is 0 Å². The molecule has 0 unspecified atom stereocenters. The van der Waals surface area contributed by atoms with Crippen LogP contribution in [0.4, 0.5) is 0 Å². The van der Waals surface area contributed by atoms with Crippen LogP contribution in [-0.2, 0) is 0 Å². The third kappa shape index (κ3) is 2.84. The Morgan fingerprint density at radius 3 is 2.36 bits per heavy atom. The zero-order valence-electron chi connectivity index (χ0n) is 6.79. The summed E-state index contributed by atoms with van der Waals surface area (Å²) < 4.78 is 4.49. The van der Waals surface area contributed by atoms with E-state index in [1.54, 1.807) is 6.92 Å². The maximum Gasteiger partial charge on any atom is 0.358 e. The summed E-state index contributed by atoms with van der Waals surface area (Å²) in [6, 6.07) is 1.36. The van der Waals surface area contributed by atoms with Crippen LogP contribution in [0.1, 0.15) is 30.1 Å². The van der Waals surface area contributed by atoms with Crippen molar-refractivity contribution in [1.29, 1.82) is 0 Å². The average molecular weight is 157 g/mol. The lowest BCUT2D eigenvalue weighted by molar-refractivity contribution is 0.0685.